The number of hydrogen-bond acceptors (Lipinski definition) is 5. The lowest BCUT2D eigenvalue weighted by molar-refractivity contribution is -0.140. The summed E-state index contributed by atoms with van der Waals surface area (Å²) in [5.74, 6) is 0.784. The highest BCUT2D eigenvalue weighted by molar-refractivity contribution is 5.82. The summed E-state index contributed by atoms with van der Waals surface area (Å²) in [4.78, 5) is 13.3. The zero-order valence-corrected chi connectivity index (χ0v) is 21.9. The summed E-state index contributed by atoms with van der Waals surface area (Å²) in [5.41, 5.74) is 2.12. The number of hydrogen-bond donors (Lipinski definition) is 2. The summed E-state index contributed by atoms with van der Waals surface area (Å²) in [6.07, 6.45) is -0.884. The van der Waals surface area contributed by atoms with Crippen molar-refractivity contribution in [3.63, 3.8) is 0 Å². The molecule has 0 saturated carbocycles. The van der Waals surface area contributed by atoms with Gasteiger partial charge in [-0.25, -0.2) is 0 Å². The molecule has 0 spiro atoms. The second-order valence-corrected chi connectivity index (χ2v) is 10.8. The van der Waals surface area contributed by atoms with Gasteiger partial charge in [0.05, 0.1) is 5.52 Å². The molecular formula is C29H32F3N3O4. The molecule has 1 fully saturated rings. The maximum atomic E-state index is 13.4. The Morgan fingerprint density at radius 3 is 2.67 bits per heavy atom. The fourth-order valence-corrected chi connectivity index (χ4v) is 5.40. The molecule has 0 radical (unpaired) electrons. The SMILES string of the molecule is CC(C)C(Oc1ccc2c(c1)OCC(CN1CCC(CC(=O)O)CC1)=C2)c1ccc2[nH]nc(C(F)(F)F)c2c1. The molecule has 2 aromatic carbocycles. The number of rotatable bonds is 8. The molecule has 3 aromatic rings. The highest BCUT2D eigenvalue weighted by atomic mass is 19.4. The van der Waals surface area contributed by atoms with Crippen LogP contribution in [0.3, 0.4) is 0 Å². The van der Waals surface area contributed by atoms with Gasteiger partial charge in [0.1, 0.15) is 24.2 Å². The van der Waals surface area contributed by atoms with Crippen LogP contribution in [0, 0.1) is 11.8 Å². The predicted octanol–water partition coefficient (Wildman–Crippen LogP) is 6.32. The molecule has 0 bridgehead atoms. The monoisotopic (exact) mass is 543 g/mol. The van der Waals surface area contributed by atoms with Crippen molar-refractivity contribution < 1.29 is 32.5 Å². The number of carboxylic acid groups (broad SMARTS) is 1. The fourth-order valence-electron chi connectivity index (χ4n) is 5.40. The van der Waals surface area contributed by atoms with Gasteiger partial charge < -0.3 is 14.6 Å². The predicted molar refractivity (Wildman–Crippen MR) is 141 cm³/mol. The second-order valence-electron chi connectivity index (χ2n) is 10.8. The lowest BCUT2D eigenvalue weighted by Crippen LogP contribution is -2.36. The molecule has 5 rings (SSSR count). The summed E-state index contributed by atoms with van der Waals surface area (Å²) < 4.78 is 52.6. The van der Waals surface area contributed by atoms with Crippen molar-refractivity contribution in [2.75, 3.05) is 26.2 Å². The first kappa shape index (κ1) is 27.1. The molecule has 1 atom stereocenters. The van der Waals surface area contributed by atoms with Crippen molar-refractivity contribution in [3.8, 4) is 11.5 Å². The number of fused-ring (bicyclic) bond motifs is 2. The third kappa shape index (κ3) is 6.21. The summed E-state index contributed by atoms with van der Waals surface area (Å²) in [7, 11) is 0. The number of aliphatic carboxylic acids is 1. The number of piperidine rings is 1. The Bertz CT molecular complexity index is 1370. The van der Waals surface area contributed by atoms with E-state index >= 15 is 0 Å². The number of H-pyrrole nitrogens is 1. The highest BCUT2D eigenvalue weighted by Gasteiger charge is 2.36. The highest BCUT2D eigenvalue weighted by Crippen LogP contribution is 2.38. The molecule has 0 aliphatic carbocycles. The van der Waals surface area contributed by atoms with Crippen LogP contribution in [0.1, 0.15) is 56.0 Å². The summed E-state index contributed by atoms with van der Waals surface area (Å²) in [6.45, 7) is 6.91. The normalized spacial score (nSPS) is 17.5. The summed E-state index contributed by atoms with van der Waals surface area (Å²) >= 11 is 0. The number of ether oxygens (including phenoxy) is 2. The van der Waals surface area contributed by atoms with E-state index in [2.05, 4.69) is 21.2 Å². The smallest absolute Gasteiger partial charge is 0.435 e. The molecule has 7 nitrogen and oxygen atoms in total. The molecule has 3 heterocycles. The van der Waals surface area contributed by atoms with Gasteiger partial charge in [-0.3, -0.25) is 14.8 Å². The van der Waals surface area contributed by atoms with Gasteiger partial charge in [-0.1, -0.05) is 19.9 Å². The first-order valence-electron chi connectivity index (χ1n) is 13.2. The van der Waals surface area contributed by atoms with Crippen molar-refractivity contribution >= 4 is 22.9 Å². The second kappa shape index (κ2) is 10.9. The van der Waals surface area contributed by atoms with E-state index < -0.39 is 23.9 Å². The Hall–Kier alpha value is -3.53. The van der Waals surface area contributed by atoms with Crippen LogP contribution < -0.4 is 9.47 Å². The Morgan fingerprint density at radius 2 is 1.97 bits per heavy atom. The number of aromatic amines is 1. The topological polar surface area (TPSA) is 87.7 Å². The van der Waals surface area contributed by atoms with Crippen LogP contribution in [0.4, 0.5) is 13.2 Å². The molecule has 1 saturated heterocycles. The number of benzene rings is 2. The van der Waals surface area contributed by atoms with E-state index in [0.29, 0.717) is 29.2 Å². The van der Waals surface area contributed by atoms with Crippen LogP contribution >= 0.6 is 0 Å². The Balaban J connectivity index is 1.28. The summed E-state index contributed by atoms with van der Waals surface area (Å²) in [6, 6.07) is 10.5. The largest absolute Gasteiger partial charge is 0.488 e. The standard InChI is InChI=1S/C29H32F3N3O4/c1-17(2)27(21-4-6-24-23(13-21)28(34-33-24)29(30,31)32)39-22-5-3-20-11-19(16-38-25(20)14-22)15-35-9-7-18(8-10-35)12-26(36)37/h3-6,11,13-14,17-18,27H,7-10,12,15-16H2,1-2H3,(H,33,34)(H,36,37). The van der Waals surface area contributed by atoms with E-state index in [-0.39, 0.29) is 23.6 Å². The zero-order valence-electron chi connectivity index (χ0n) is 21.9. The summed E-state index contributed by atoms with van der Waals surface area (Å²) in [5, 5.41) is 15.0. The third-order valence-corrected chi connectivity index (χ3v) is 7.41. The van der Waals surface area contributed by atoms with Gasteiger partial charge in [-0.15, -0.1) is 0 Å². The van der Waals surface area contributed by atoms with E-state index in [1.165, 1.54) is 6.07 Å². The fraction of sp³-hybridized carbons (Fsp3) is 0.448. The Kier molecular flexibility index (Phi) is 7.57. The van der Waals surface area contributed by atoms with Crippen molar-refractivity contribution in [3.05, 3.63) is 58.8 Å². The average Bonchev–Trinajstić information content (AvgIpc) is 3.32. The van der Waals surface area contributed by atoms with E-state index in [4.69, 9.17) is 14.6 Å². The average molecular weight is 544 g/mol. The Labute approximate surface area is 224 Å². The molecular weight excluding hydrogens is 511 g/mol. The lowest BCUT2D eigenvalue weighted by Gasteiger charge is -2.32. The van der Waals surface area contributed by atoms with E-state index in [1.807, 2.05) is 32.0 Å². The van der Waals surface area contributed by atoms with E-state index in [9.17, 15) is 18.0 Å². The number of carbonyl (C=O) groups is 1. The number of carboxylic acids is 1. The molecule has 208 valence electrons. The maximum Gasteiger partial charge on any atom is 0.435 e. The van der Waals surface area contributed by atoms with Gasteiger partial charge in [0.25, 0.3) is 0 Å². The van der Waals surface area contributed by atoms with Gasteiger partial charge >= 0.3 is 12.1 Å². The molecule has 2 N–H and O–H groups in total. The van der Waals surface area contributed by atoms with Gasteiger partial charge in [0, 0.05) is 30.0 Å². The van der Waals surface area contributed by atoms with Crippen molar-refractivity contribution in [2.45, 2.75) is 45.4 Å². The first-order valence-corrected chi connectivity index (χ1v) is 13.2. The van der Waals surface area contributed by atoms with Crippen LogP contribution in [-0.4, -0.2) is 52.4 Å². The molecule has 10 heteroatoms. The van der Waals surface area contributed by atoms with Gasteiger partial charge in [0.2, 0.25) is 0 Å². The molecule has 0 amide bonds. The van der Waals surface area contributed by atoms with Crippen LogP contribution in [0.5, 0.6) is 11.5 Å². The molecule has 2 aliphatic rings. The molecule has 1 unspecified atom stereocenters. The minimum Gasteiger partial charge on any atom is -0.488 e. The third-order valence-electron chi connectivity index (χ3n) is 7.41. The van der Waals surface area contributed by atoms with Crippen molar-refractivity contribution in [2.24, 2.45) is 11.8 Å². The van der Waals surface area contributed by atoms with E-state index in [1.54, 1.807) is 12.1 Å². The number of likely N-dealkylation sites (tertiary alicyclic amines) is 1. The quantitative estimate of drug-likeness (QED) is 0.346. The van der Waals surface area contributed by atoms with Gasteiger partial charge in [0.15, 0.2) is 5.69 Å². The number of nitrogens with zero attached hydrogens (tertiary/aromatic N) is 2. The molecule has 1 aromatic heterocycles. The number of nitrogens with one attached hydrogen (secondary N) is 1. The first-order chi connectivity index (χ1) is 18.6. The van der Waals surface area contributed by atoms with Crippen LogP contribution in [-0.2, 0) is 11.0 Å². The molecule has 39 heavy (non-hydrogen) atoms. The number of halogens is 3. The lowest BCUT2D eigenvalue weighted by atomic mass is 9.93. The minimum absolute atomic E-state index is 0.00761. The number of aromatic nitrogens is 2. The maximum absolute atomic E-state index is 13.4. The molecule has 2 aliphatic heterocycles. The van der Waals surface area contributed by atoms with Crippen LogP contribution in [0.25, 0.3) is 17.0 Å². The zero-order chi connectivity index (χ0) is 27.7. The van der Waals surface area contributed by atoms with Crippen molar-refractivity contribution in [1.29, 1.82) is 0 Å². The van der Waals surface area contributed by atoms with Gasteiger partial charge in [-0.2, -0.15) is 18.3 Å². The minimum atomic E-state index is -4.55. The van der Waals surface area contributed by atoms with Crippen LogP contribution in [0.2, 0.25) is 0 Å². The van der Waals surface area contributed by atoms with E-state index in [0.717, 1.165) is 43.6 Å². The number of alkyl halides is 3. The van der Waals surface area contributed by atoms with Crippen molar-refractivity contribution in [1.82, 2.24) is 15.1 Å². The van der Waals surface area contributed by atoms with Gasteiger partial charge in [-0.05, 0) is 79.2 Å². The Morgan fingerprint density at radius 1 is 1.21 bits per heavy atom. The van der Waals surface area contributed by atoms with Crippen LogP contribution in [0.15, 0.2) is 42.0 Å².